The molecule has 0 aliphatic carbocycles. The first-order chi connectivity index (χ1) is 16.3. The zero-order chi connectivity index (χ0) is 24.7. The van der Waals surface area contributed by atoms with E-state index in [1.54, 1.807) is 31.2 Å². The maximum atomic E-state index is 12.8. The van der Waals surface area contributed by atoms with Crippen LogP contribution in [0.25, 0.3) is 11.1 Å². The number of carbonyl (C=O) groups excluding carboxylic acids is 2. The molecule has 1 aromatic heterocycles. The van der Waals surface area contributed by atoms with E-state index in [0.29, 0.717) is 16.3 Å². The quantitative estimate of drug-likeness (QED) is 0.291. The number of hydrogen-bond acceptors (Lipinski definition) is 6. The summed E-state index contributed by atoms with van der Waals surface area (Å²) < 4.78 is 0. The molecule has 0 aliphatic rings. The molecule has 3 aromatic rings. The molecule has 172 valence electrons. The van der Waals surface area contributed by atoms with Crippen LogP contribution in [0.2, 0.25) is 0 Å². The van der Waals surface area contributed by atoms with Crippen LogP contribution in [0.1, 0.15) is 18.1 Å². The van der Waals surface area contributed by atoms with Gasteiger partial charge in [0.25, 0.3) is 0 Å². The first kappa shape index (κ1) is 24.8. The minimum atomic E-state index is -1.21. The Labute approximate surface area is 205 Å². The number of nitrogens with one attached hydrogen (secondary N) is 2. The molecule has 34 heavy (non-hydrogen) atoms. The maximum absolute atomic E-state index is 12.8. The zero-order valence-electron chi connectivity index (χ0n) is 18.4. The monoisotopic (exact) mass is 491 g/mol. The summed E-state index contributed by atoms with van der Waals surface area (Å²) in [6, 6.07) is 16.9. The van der Waals surface area contributed by atoms with Crippen molar-refractivity contribution in [2.24, 2.45) is 0 Å². The van der Waals surface area contributed by atoms with E-state index in [9.17, 15) is 19.6 Å². The van der Waals surface area contributed by atoms with Crippen LogP contribution in [0.15, 0.2) is 71.0 Å². The predicted octanol–water partition coefficient (Wildman–Crippen LogP) is 5.29. The molecule has 1 unspecified atom stereocenters. The minimum absolute atomic E-state index is 0.252. The standard InChI is InChI=1S/C25H21N3O4S2/c1-15-6-8-17(9-7-15)21-14-33-25(20(21)13-26)28-24(32)16(2)34-19-5-3-4-18(12-19)27-22(29)10-11-23(30)31/h3-12,14,16H,1-2H3,(H,27,29)(H,28,32)(H,30,31)/b11-10+. The number of aryl methyl sites for hydroxylation is 1. The second-order valence-corrected chi connectivity index (χ2v) is 9.56. The molecule has 3 rings (SSSR count). The number of carboxylic acid groups (broad SMARTS) is 1. The Balaban J connectivity index is 1.67. The molecule has 0 saturated heterocycles. The van der Waals surface area contributed by atoms with Crippen LogP contribution < -0.4 is 10.6 Å². The largest absolute Gasteiger partial charge is 0.478 e. The molecular formula is C25H21N3O4S2. The highest BCUT2D eigenvalue weighted by Gasteiger charge is 2.20. The lowest BCUT2D eigenvalue weighted by Gasteiger charge is -2.12. The summed E-state index contributed by atoms with van der Waals surface area (Å²) in [7, 11) is 0. The lowest BCUT2D eigenvalue weighted by Crippen LogP contribution is -2.22. The van der Waals surface area contributed by atoms with E-state index in [1.165, 1.54) is 23.1 Å². The molecule has 0 fully saturated rings. The van der Waals surface area contributed by atoms with E-state index in [2.05, 4.69) is 16.7 Å². The third-order valence-electron chi connectivity index (χ3n) is 4.66. The third kappa shape index (κ3) is 6.57. The summed E-state index contributed by atoms with van der Waals surface area (Å²) in [5.74, 6) is -2.03. The maximum Gasteiger partial charge on any atom is 0.328 e. The van der Waals surface area contributed by atoms with E-state index in [4.69, 9.17) is 5.11 Å². The smallest absolute Gasteiger partial charge is 0.328 e. The predicted molar refractivity (Wildman–Crippen MR) is 135 cm³/mol. The highest BCUT2D eigenvalue weighted by molar-refractivity contribution is 8.00. The number of carboxylic acids is 1. The zero-order valence-corrected chi connectivity index (χ0v) is 20.0. The summed E-state index contributed by atoms with van der Waals surface area (Å²) >= 11 is 2.60. The average Bonchev–Trinajstić information content (AvgIpc) is 3.20. The van der Waals surface area contributed by atoms with Crippen LogP contribution in [0.5, 0.6) is 0 Å². The fourth-order valence-corrected chi connectivity index (χ4v) is 4.80. The summed E-state index contributed by atoms with van der Waals surface area (Å²) in [6.45, 7) is 3.74. The van der Waals surface area contributed by atoms with E-state index < -0.39 is 17.1 Å². The van der Waals surface area contributed by atoms with Crippen molar-refractivity contribution in [3.63, 3.8) is 0 Å². The number of amides is 2. The number of nitriles is 1. The second-order valence-electron chi connectivity index (χ2n) is 7.27. The van der Waals surface area contributed by atoms with Crippen molar-refractivity contribution in [2.75, 3.05) is 10.6 Å². The Morgan fingerprint density at radius 3 is 2.53 bits per heavy atom. The van der Waals surface area contributed by atoms with E-state index in [1.807, 2.05) is 36.6 Å². The molecule has 0 saturated carbocycles. The average molecular weight is 492 g/mol. The van der Waals surface area contributed by atoms with Gasteiger partial charge >= 0.3 is 5.97 Å². The van der Waals surface area contributed by atoms with Crippen LogP contribution >= 0.6 is 23.1 Å². The topological polar surface area (TPSA) is 119 Å². The van der Waals surface area contributed by atoms with Gasteiger partial charge in [0.15, 0.2) is 0 Å². The van der Waals surface area contributed by atoms with Crippen molar-refractivity contribution in [3.8, 4) is 17.2 Å². The number of thioether (sulfide) groups is 1. The van der Waals surface area contributed by atoms with Crippen molar-refractivity contribution in [2.45, 2.75) is 24.0 Å². The van der Waals surface area contributed by atoms with E-state index >= 15 is 0 Å². The van der Waals surface area contributed by atoms with Gasteiger partial charge in [0.2, 0.25) is 11.8 Å². The van der Waals surface area contributed by atoms with Gasteiger partial charge < -0.3 is 15.7 Å². The lowest BCUT2D eigenvalue weighted by atomic mass is 10.0. The highest BCUT2D eigenvalue weighted by atomic mass is 32.2. The van der Waals surface area contributed by atoms with Crippen LogP contribution in [-0.2, 0) is 14.4 Å². The number of benzene rings is 2. The fraction of sp³-hybridized carbons (Fsp3) is 0.120. The Bertz CT molecular complexity index is 1290. The van der Waals surface area contributed by atoms with Crippen LogP contribution in [0.3, 0.4) is 0 Å². The van der Waals surface area contributed by atoms with E-state index in [-0.39, 0.29) is 5.91 Å². The Kier molecular flexibility index (Phi) is 8.24. The summed E-state index contributed by atoms with van der Waals surface area (Å²) in [5.41, 5.74) is 3.73. The molecule has 0 aliphatic heterocycles. The van der Waals surface area contributed by atoms with Crippen molar-refractivity contribution >= 4 is 51.6 Å². The Hall–Kier alpha value is -3.87. The van der Waals surface area contributed by atoms with Gasteiger partial charge in [-0.05, 0) is 37.6 Å². The van der Waals surface area contributed by atoms with Gasteiger partial charge in [-0.25, -0.2) is 4.79 Å². The normalized spacial score (nSPS) is 11.6. The van der Waals surface area contributed by atoms with Crippen LogP contribution in [0.4, 0.5) is 10.7 Å². The van der Waals surface area contributed by atoms with Crippen LogP contribution in [0, 0.1) is 18.3 Å². The van der Waals surface area contributed by atoms with Crippen molar-refractivity contribution in [3.05, 3.63) is 77.2 Å². The molecule has 0 spiro atoms. The molecule has 2 amide bonds. The molecule has 3 N–H and O–H groups in total. The number of carbonyl (C=O) groups is 3. The molecule has 0 radical (unpaired) electrons. The number of thiophene rings is 1. The molecule has 0 bridgehead atoms. The van der Waals surface area contributed by atoms with Gasteiger partial charge in [-0.2, -0.15) is 5.26 Å². The first-order valence-electron chi connectivity index (χ1n) is 10.1. The molecule has 1 heterocycles. The van der Waals surface area contributed by atoms with Gasteiger partial charge in [0.05, 0.1) is 10.8 Å². The lowest BCUT2D eigenvalue weighted by molar-refractivity contribution is -0.131. The Morgan fingerprint density at radius 1 is 1.12 bits per heavy atom. The van der Waals surface area contributed by atoms with E-state index in [0.717, 1.165) is 33.7 Å². The second kappa shape index (κ2) is 11.3. The number of hydrogen-bond donors (Lipinski definition) is 3. The van der Waals surface area contributed by atoms with Gasteiger partial charge in [-0.3, -0.25) is 9.59 Å². The Morgan fingerprint density at radius 2 is 1.85 bits per heavy atom. The van der Waals surface area contributed by atoms with Gasteiger partial charge in [-0.15, -0.1) is 23.1 Å². The summed E-state index contributed by atoms with van der Waals surface area (Å²) in [4.78, 5) is 35.9. The first-order valence-corrected chi connectivity index (χ1v) is 11.9. The molecule has 7 nitrogen and oxygen atoms in total. The molecule has 1 atom stereocenters. The summed E-state index contributed by atoms with van der Waals surface area (Å²) in [6.07, 6.45) is 1.68. The SMILES string of the molecule is Cc1ccc(-c2csc(NC(=O)C(C)Sc3cccc(NC(=O)/C=C/C(=O)O)c3)c2C#N)cc1. The van der Waals surface area contributed by atoms with Crippen molar-refractivity contribution in [1.29, 1.82) is 5.26 Å². The number of rotatable bonds is 8. The van der Waals surface area contributed by atoms with Crippen molar-refractivity contribution in [1.82, 2.24) is 0 Å². The van der Waals surface area contributed by atoms with Gasteiger partial charge in [0, 0.05) is 33.7 Å². The number of anilines is 2. The number of nitrogens with zero attached hydrogens (tertiary/aromatic N) is 1. The molecule has 9 heteroatoms. The summed E-state index contributed by atoms with van der Waals surface area (Å²) in [5, 5.41) is 25.6. The van der Waals surface area contributed by atoms with Gasteiger partial charge in [-0.1, -0.05) is 35.9 Å². The molecular weight excluding hydrogens is 470 g/mol. The third-order valence-corrected chi connectivity index (χ3v) is 6.65. The molecule has 2 aromatic carbocycles. The van der Waals surface area contributed by atoms with Crippen molar-refractivity contribution < 1.29 is 19.5 Å². The minimum Gasteiger partial charge on any atom is -0.478 e. The van der Waals surface area contributed by atoms with Gasteiger partial charge in [0.1, 0.15) is 11.1 Å². The number of aliphatic carboxylic acids is 1. The van der Waals surface area contributed by atoms with Crippen LogP contribution in [-0.4, -0.2) is 28.1 Å². The highest BCUT2D eigenvalue weighted by Crippen LogP contribution is 2.36. The fourth-order valence-electron chi connectivity index (χ4n) is 2.96.